The highest BCUT2D eigenvalue weighted by Crippen LogP contribution is 2.35. The maximum Gasteiger partial charge on any atom is 0.132 e. The van der Waals surface area contributed by atoms with Crippen molar-refractivity contribution in [3.63, 3.8) is 0 Å². The van der Waals surface area contributed by atoms with Gasteiger partial charge in [0.2, 0.25) is 0 Å². The number of hydrogen-bond donors (Lipinski definition) is 0. The molecule has 0 atom stereocenters. The normalized spacial score (nSPS) is 15.0. The highest BCUT2D eigenvalue weighted by Gasteiger charge is 2.17. The van der Waals surface area contributed by atoms with E-state index in [0.29, 0.717) is 0 Å². The molecule has 3 aromatic rings. The average molecular weight is 351 g/mol. The van der Waals surface area contributed by atoms with Crippen molar-refractivity contribution in [2.45, 2.75) is 39.0 Å². The first-order valence-corrected chi connectivity index (χ1v) is 9.96. The van der Waals surface area contributed by atoms with Crippen LogP contribution in [-0.4, -0.2) is 0 Å². The molecule has 2 aromatic carbocycles. The maximum atomic E-state index is 14.7. The zero-order chi connectivity index (χ0) is 17.2. The molecule has 1 fully saturated rings. The second-order valence-corrected chi connectivity index (χ2v) is 8.35. The Kier molecular flexibility index (Phi) is 4.72. The number of aryl methyl sites for hydroxylation is 1. The molecule has 0 N–H and O–H groups in total. The summed E-state index contributed by atoms with van der Waals surface area (Å²) in [5.41, 5.74) is 3.93. The first-order chi connectivity index (χ1) is 12.2. The number of thiophene rings is 1. The quantitative estimate of drug-likeness (QED) is 0.464. The van der Waals surface area contributed by atoms with E-state index in [0.717, 1.165) is 33.9 Å². The van der Waals surface area contributed by atoms with E-state index < -0.39 is 0 Å². The smallest absolute Gasteiger partial charge is 0.132 e. The SMILES string of the molecule is Cc1ccc(-c2ccc(-c3ccc(CC4CCCC4)s3)c(F)c2)cc1. The molecule has 1 aromatic heterocycles. The summed E-state index contributed by atoms with van der Waals surface area (Å²) in [6.07, 6.45) is 6.61. The topological polar surface area (TPSA) is 0 Å². The number of rotatable bonds is 4. The molecule has 128 valence electrons. The van der Waals surface area contributed by atoms with Gasteiger partial charge in [-0.25, -0.2) is 4.39 Å². The van der Waals surface area contributed by atoms with Crippen LogP contribution in [0.15, 0.2) is 54.6 Å². The van der Waals surface area contributed by atoms with Crippen LogP contribution in [0.5, 0.6) is 0 Å². The molecule has 1 saturated carbocycles. The minimum atomic E-state index is -0.132. The Hall–Kier alpha value is -1.93. The molecular weight excluding hydrogens is 327 g/mol. The van der Waals surface area contributed by atoms with Gasteiger partial charge in [-0.05, 0) is 54.7 Å². The van der Waals surface area contributed by atoms with Crippen LogP contribution in [0.4, 0.5) is 4.39 Å². The van der Waals surface area contributed by atoms with E-state index in [1.165, 1.54) is 36.1 Å². The molecule has 0 spiro atoms. The van der Waals surface area contributed by atoms with Crippen LogP contribution < -0.4 is 0 Å². The summed E-state index contributed by atoms with van der Waals surface area (Å²) in [6, 6.07) is 18.1. The molecule has 0 unspecified atom stereocenters. The van der Waals surface area contributed by atoms with Gasteiger partial charge in [0, 0.05) is 15.3 Å². The van der Waals surface area contributed by atoms with E-state index in [4.69, 9.17) is 0 Å². The molecule has 0 nitrogen and oxygen atoms in total. The van der Waals surface area contributed by atoms with Crippen molar-refractivity contribution >= 4 is 11.3 Å². The zero-order valence-corrected chi connectivity index (χ0v) is 15.4. The van der Waals surface area contributed by atoms with Crippen LogP contribution in [0.1, 0.15) is 36.1 Å². The summed E-state index contributed by atoms with van der Waals surface area (Å²) in [5.74, 6) is 0.701. The minimum Gasteiger partial charge on any atom is -0.206 e. The Morgan fingerprint density at radius 3 is 2.36 bits per heavy atom. The van der Waals surface area contributed by atoms with Gasteiger partial charge in [0.1, 0.15) is 5.82 Å². The van der Waals surface area contributed by atoms with E-state index in [-0.39, 0.29) is 5.82 Å². The molecule has 1 heterocycles. The van der Waals surface area contributed by atoms with Crippen LogP contribution in [0.3, 0.4) is 0 Å². The van der Waals surface area contributed by atoms with Crippen LogP contribution in [0, 0.1) is 18.7 Å². The third kappa shape index (κ3) is 3.69. The van der Waals surface area contributed by atoms with Crippen molar-refractivity contribution < 1.29 is 4.39 Å². The van der Waals surface area contributed by atoms with Gasteiger partial charge in [0.15, 0.2) is 0 Å². The third-order valence-electron chi connectivity index (χ3n) is 5.25. The van der Waals surface area contributed by atoms with Gasteiger partial charge in [-0.15, -0.1) is 11.3 Å². The molecular formula is C23H23FS. The Labute approximate surface area is 153 Å². The van der Waals surface area contributed by atoms with Crippen molar-refractivity contribution in [2.24, 2.45) is 5.92 Å². The fourth-order valence-corrected chi connectivity index (χ4v) is 4.92. The Morgan fingerprint density at radius 1 is 0.920 bits per heavy atom. The molecule has 0 amide bonds. The van der Waals surface area contributed by atoms with Gasteiger partial charge in [-0.3, -0.25) is 0 Å². The fourth-order valence-electron chi connectivity index (χ4n) is 3.77. The number of benzene rings is 2. The largest absolute Gasteiger partial charge is 0.206 e. The summed E-state index contributed by atoms with van der Waals surface area (Å²) in [7, 11) is 0. The lowest BCUT2D eigenvalue weighted by molar-refractivity contribution is 0.551. The number of hydrogen-bond acceptors (Lipinski definition) is 1. The van der Waals surface area contributed by atoms with Crippen molar-refractivity contribution in [1.29, 1.82) is 0 Å². The maximum absolute atomic E-state index is 14.7. The number of halogens is 1. The Balaban J connectivity index is 1.56. The van der Waals surface area contributed by atoms with Gasteiger partial charge in [-0.1, -0.05) is 61.6 Å². The highest BCUT2D eigenvalue weighted by molar-refractivity contribution is 7.15. The van der Waals surface area contributed by atoms with Gasteiger partial charge in [0.05, 0.1) is 0 Å². The Morgan fingerprint density at radius 2 is 1.64 bits per heavy atom. The molecule has 1 aliphatic rings. The minimum absolute atomic E-state index is 0.132. The van der Waals surface area contributed by atoms with Gasteiger partial charge >= 0.3 is 0 Å². The Bertz CT molecular complexity index is 854. The second-order valence-electron chi connectivity index (χ2n) is 7.18. The summed E-state index contributed by atoms with van der Waals surface area (Å²) in [4.78, 5) is 2.44. The van der Waals surface area contributed by atoms with Crippen molar-refractivity contribution in [3.8, 4) is 21.6 Å². The summed E-state index contributed by atoms with van der Waals surface area (Å²) in [5, 5.41) is 0. The van der Waals surface area contributed by atoms with Crippen molar-refractivity contribution in [2.75, 3.05) is 0 Å². The first-order valence-electron chi connectivity index (χ1n) is 9.15. The third-order valence-corrected chi connectivity index (χ3v) is 6.39. The molecule has 2 heteroatoms. The van der Waals surface area contributed by atoms with Gasteiger partial charge < -0.3 is 0 Å². The molecule has 4 rings (SSSR count). The summed E-state index contributed by atoms with van der Waals surface area (Å²) in [6.45, 7) is 2.06. The van der Waals surface area contributed by atoms with Gasteiger partial charge in [-0.2, -0.15) is 0 Å². The van der Waals surface area contributed by atoms with E-state index in [2.05, 4.69) is 43.3 Å². The second kappa shape index (κ2) is 7.13. The predicted octanol–water partition coefficient (Wildman–Crippen LogP) is 7.26. The van der Waals surface area contributed by atoms with Crippen LogP contribution in [0.2, 0.25) is 0 Å². The highest BCUT2D eigenvalue weighted by atomic mass is 32.1. The van der Waals surface area contributed by atoms with E-state index in [1.54, 1.807) is 17.4 Å². The average Bonchev–Trinajstić information content (AvgIpc) is 3.28. The predicted molar refractivity (Wildman–Crippen MR) is 106 cm³/mol. The first kappa shape index (κ1) is 16.5. The van der Waals surface area contributed by atoms with Crippen LogP contribution in [0.25, 0.3) is 21.6 Å². The van der Waals surface area contributed by atoms with Crippen molar-refractivity contribution in [1.82, 2.24) is 0 Å². The lowest BCUT2D eigenvalue weighted by atomic mass is 10.0. The molecule has 0 aliphatic heterocycles. The molecule has 0 radical (unpaired) electrons. The van der Waals surface area contributed by atoms with E-state index in [1.807, 2.05) is 12.1 Å². The lowest BCUT2D eigenvalue weighted by Gasteiger charge is -2.07. The zero-order valence-electron chi connectivity index (χ0n) is 14.6. The fraction of sp³-hybridized carbons (Fsp3) is 0.304. The van der Waals surface area contributed by atoms with Crippen LogP contribution >= 0.6 is 11.3 Å². The van der Waals surface area contributed by atoms with Crippen LogP contribution in [-0.2, 0) is 6.42 Å². The summed E-state index contributed by atoms with van der Waals surface area (Å²) >= 11 is 1.75. The summed E-state index contributed by atoms with van der Waals surface area (Å²) < 4.78 is 14.7. The molecule has 25 heavy (non-hydrogen) atoms. The van der Waals surface area contributed by atoms with Crippen molar-refractivity contribution in [3.05, 3.63) is 70.9 Å². The lowest BCUT2D eigenvalue weighted by Crippen LogP contribution is -1.95. The molecule has 0 bridgehead atoms. The van der Waals surface area contributed by atoms with E-state index in [9.17, 15) is 4.39 Å². The monoisotopic (exact) mass is 350 g/mol. The molecule has 0 saturated heterocycles. The standard InChI is InChI=1S/C23H23FS/c1-16-6-8-18(9-7-16)19-10-12-21(22(24)15-19)23-13-11-20(25-23)14-17-4-2-3-5-17/h6-13,15,17H,2-5,14H2,1H3. The van der Waals surface area contributed by atoms with Gasteiger partial charge in [0.25, 0.3) is 0 Å². The van der Waals surface area contributed by atoms with E-state index >= 15 is 0 Å². The molecule has 1 aliphatic carbocycles.